The van der Waals surface area contributed by atoms with Gasteiger partial charge in [-0.25, -0.2) is 14.8 Å². The topological polar surface area (TPSA) is 70.2 Å². The van der Waals surface area contributed by atoms with Crippen LogP contribution in [0.2, 0.25) is 0 Å². The maximum absolute atomic E-state index is 11.9. The largest absolute Gasteiger partial charge is 0.357 e. The minimum absolute atomic E-state index is 0.242. The van der Waals surface area contributed by atoms with Gasteiger partial charge in [-0.2, -0.15) is 0 Å². The molecule has 0 bridgehead atoms. The number of nitrogens with zero attached hydrogens (tertiary/aromatic N) is 3. The normalized spacial score (nSPS) is 14.1. The molecular weight excluding hydrogens is 298 g/mol. The van der Waals surface area contributed by atoms with E-state index >= 15 is 0 Å². The molecule has 2 aromatic rings. The van der Waals surface area contributed by atoms with Crippen LogP contribution in [0.5, 0.6) is 0 Å². The van der Waals surface area contributed by atoms with Crippen molar-refractivity contribution >= 4 is 28.3 Å². The van der Waals surface area contributed by atoms with Gasteiger partial charge in [0.25, 0.3) is 0 Å². The molecule has 2 amide bonds. The van der Waals surface area contributed by atoms with Crippen LogP contribution in [0.25, 0.3) is 0 Å². The molecule has 3 heterocycles. The van der Waals surface area contributed by atoms with Crippen molar-refractivity contribution < 1.29 is 4.79 Å². The summed E-state index contributed by atoms with van der Waals surface area (Å²) in [5.41, 5.74) is 1.95. The van der Waals surface area contributed by atoms with Gasteiger partial charge in [0.05, 0.1) is 5.69 Å². The number of pyridine rings is 1. The summed E-state index contributed by atoms with van der Waals surface area (Å²) in [5, 5.41) is 8.10. The highest BCUT2D eigenvalue weighted by Gasteiger charge is 2.13. The smallest absolute Gasteiger partial charge is 0.321 e. The summed E-state index contributed by atoms with van der Waals surface area (Å²) >= 11 is 1.42. The van der Waals surface area contributed by atoms with Gasteiger partial charge in [-0.15, -0.1) is 11.3 Å². The van der Waals surface area contributed by atoms with Crippen molar-refractivity contribution in [1.82, 2.24) is 15.3 Å². The number of urea groups is 1. The Hall–Kier alpha value is -2.15. The van der Waals surface area contributed by atoms with E-state index < -0.39 is 0 Å². The maximum atomic E-state index is 11.9. The Morgan fingerprint density at radius 2 is 2.23 bits per heavy atom. The van der Waals surface area contributed by atoms with Crippen molar-refractivity contribution in [2.45, 2.75) is 26.3 Å². The predicted octanol–water partition coefficient (Wildman–Crippen LogP) is 2.77. The van der Waals surface area contributed by atoms with E-state index in [1.807, 2.05) is 24.4 Å². The summed E-state index contributed by atoms with van der Waals surface area (Å²) in [5.74, 6) is 0.993. The number of aromatic nitrogens is 2. The molecule has 6 nitrogen and oxygen atoms in total. The van der Waals surface area contributed by atoms with Gasteiger partial charge in [0.15, 0.2) is 5.13 Å². The van der Waals surface area contributed by atoms with E-state index in [0.717, 1.165) is 30.2 Å². The quantitative estimate of drug-likeness (QED) is 0.909. The van der Waals surface area contributed by atoms with E-state index in [4.69, 9.17) is 0 Å². The first-order valence-corrected chi connectivity index (χ1v) is 8.25. The zero-order valence-corrected chi connectivity index (χ0v) is 13.3. The molecule has 1 aliphatic heterocycles. The van der Waals surface area contributed by atoms with Crippen LogP contribution in [0.15, 0.2) is 23.7 Å². The Labute approximate surface area is 133 Å². The molecule has 0 saturated carbocycles. The number of hydrogen-bond acceptors (Lipinski definition) is 5. The molecule has 0 aliphatic carbocycles. The van der Waals surface area contributed by atoms with E-state index in [1.54, 1.807) is 6.20 Å². The number of anilines is 2. The predicted molar refractivity (Wildman–Crippen MR) is 88.4 cm³/mol. The molecule has 116 valence electrons. The Morgan fingerprint density at radius 1 is 1.41 bits per heavy atom. The molecule has 22 heavy (non-hydrogen) atoms. The van der Waals surface area contributed by atoms with Crippen molar-refractivity contribution in [2.75, 3.05) is 23.3 Å². The first-order valence-electron chi connectivity index (χ1n) is 7.37. The molecular formula is C15H19N5OS. The minimum Gasteiger partial charge on any atom is -0.357 e. The fraction of sp³-hybridized carbons (Fsp3) is 0.400. The summed E-state index contributed by atoms with van der Waals surface area (Å²) in [4.78, 5) is 22.7. The van der Waals surface area contributed by atoms with Crippen LogP contribution in [0.4, 0.5) is 15.7 Å². The van der Waals surface area contributed by atoms with Crippen molar-refractivity contribution in [1.29, 1.82) is 0 Å². The highest BCUT2D eigenvalue weighted by atomic mass is 32.1. The zero-order valence-electron chi connectivity index (χ0n) is 12.5. The molecule has 0 spiro atoms. The van der Waals surface area contributed by atoms with Crippen LogP contribution in [-0.4, -0.2) is 29.1 Å². The van der Waals surface area contributed by atoms with E-state index in [2.05, 4.69) is 25.5 Å². The van der Waals surface area contributed by atoms with Gasteiger partial charge < -0.3 is 10.2 Å². The highest BCUT2D eigenvalue weighted by molar-refractivity contribution is 7.13. The van der Waals surface area contributed by atoms with E-state index in [0.29, 0.717) is 11.7 Å². The molecule has 1 saturated heterocycles. The van der Waals surface area contributed by atoms with Crippen LogP contribution < -0.4 is 15.5 Å². The fourth-order valence-corrected chi connectivity index (χ4v) is 3.11. The van der Waals surface area contributed by atoms with Gasteiger partial charge in [0.2, 0.25) is 0 Å². The molecule has 0 atom stereocenters. The highest BCUT2D eigenvalue weighted by Crippen LogP contribution is 2.18. The van der Waals surface area contributed by atoms with Crippen LogP contribution in [0.1, 0.15) is 24.1 Å². The number of carbonyl (C=O) groups excluding carboxylic acids is 1. The van der Waals surface area contributed by atoms with Gasteiger partial charge in [0, 0.05) is 31.2 Å². The van der Waals surface area contributed by atoms with Crippen LogP contribution in [0.3, 0.4) is 0 Å². The van der Waals surface area contributed by atoms with Crippen LogP contribution >= 0.6 is 11.3 Å². The van der Waals surface area contributed by atoms with Gasteiger partial charge in [-0.1, -0.05) is 0 Å². The number of hydrogen-bond donors (Lipinski definition) is 2. The zero-order chi connectivity index (χ0) is 15.4. The lowest BCUT2D eigenvalue weighted by Crippen LogP contribution is -2.28. The summed E-state index contributed by atoms with van der Waals surface area (Å²) in [6, 6.07) is 3.72. The molecule has 1 fully saturated rings. The molecule has 0 aromatic carbocycles. The molecule has 3 rings (SSSR count). The van der Waals surface area contributed by atoms with Gasteiger partial charge in [-0.3, -0.25) is 5.32 Å². The van der Waals surface area contributed by atoms with Gasteiger partial charge in [-0.05, 0) is 37.5 Å². The average molecular weight is 317 g/mol. The second-order valence-electron chi connectivity index (χ2n) is 5.32. The molecule has 2 N–H and O–H groups in total. The van der Waals surface area contributed by atoms with Crippen molar-refractivity contribution in [3.63, 3.8) is 0 Å². The number of thiazole rings is 1. The third-order valence-electron chi connectivity index (χ3n) is 3.53. The number of carbonyl (C=O) groups is 1. The maximum Gasteiger partial charge on any atom is 0.321 e. The molecule has 1 aliphatic rings. The third-order valence-corrected chi connectivity index (χ3v) is 4.41. The van der Waals surface area contributed by atoms with E-state index in [-0.39, 0.29) is 6.03 Å². The van der Waals surface area contributed by atoms with Gasteiger partial charge >= 0.3 is 6.03 Å². The first-order chi connectivity index (χ1) is 10.7. The minimum atomic E-state index is -0.242. The Kier molecular flexibility index (Phi) is 4.53. The summed E-state index contributed by atoms with van der Waals surface area (Å²) in [7, 11) is 0. The number of aryl methyl sites for hydroxylation is 1. The third kappa shape index (κ3) is 3.73. The Balaban J connectivity index is 1.54. The van der Waals surface area contributed by atoms with Crippen molar-refractivity contribution in [2.24, 2.45) is 0 Å². The number of rotatable bonds is 4. The van der Waals surface area contributed by atoms with Crippen molar-refractivity contribution in [3.05, 3.63) is 35.0 Å². The molecule has 2 aromatic heterocycles. The monoisotopic (exact) mass is 317 g/mol. The number of nitrogens with one attached hydrogen (secondary N) is 2. The van der Waals surface area contributed by atoms with Gasteiger partial charge in [0.1, 0.15) is 5.82 Å². The second kappa shape index (κ2) is 6.74. The van der Waals surface area contributed by atoms with E-state index in [9.17, 15) is 4.79 Å². The van der Waals surface area contributed by atoms with Crippen LogP contribution in [-0.2, 0) is 6.54 Å². The SMILES string of the molecule is Cc1csc(NC(=O)NCc2ccnc(N3CCCC3)c2)n1. The summed E-state index contributed by atoms with van der Waals surface area (Å²) < 4.78 is 0. The first kappa shape index (κ1) is 14.8. The lowest BCUT2D eigenvalue weighted by atomic mass is 10.2. The second-order valence-corrected chi connectivity index (χ2v) is 6.18. The fourth-order valence-electron chi connectivity index (χ4n) is 2.42. The summed E-state index contributed by atoms with van der Waals surface area (Å²) in [6.07, 6.45) is 4.24. The Bertz CT molecular complexity index is 651. The Morgan fingerprint density at radius 3 is 2.95 bits per heavy atom. The van der Waals surface area contributed by atoms with E-state index in [1.165, 1.54) is 24.2 Å². The average Bonchev–Trinajstić information content (AvgIpc) is 3.17. The molecule has 7 heteroatoms. The standard InChI is InChI=1S/C15H19N5OS/c1-11-10-22-15(18-11)19-14(21)17-9-12-4-5-16-13(8-12)20-6-2-3-7-20/h4-5,8,10H,2-3,6-7,9H2,1H3,(H2,17,18,19,21). The number of amides is 2. The lowest BCUT2D eigenvalue weighted by molar-refractivity contribution is 0.251. The molecule has 0 radical (unpaired) electrons. The van der Waals surface area contributed by atoms with Crippen molar-refractivity contribution in [3.8, 4) is 0 Å². The van der Waals surface area contributed by atoms with Crippen LogP contribution in [0, 0.1) is 6.92 Å². The lowest BCUT2D eigenvalue weighted by Gasteiger charge is -2.17. The summed E-state index contributed by atoms with van der Waals surface area (Å²) in [6.45, 7) is 4.50. The molecule has 0 unspecified atom stereocenters.